The van der Waals surface area contributed by atoms with Crippen LogP contribution >= 0.6 is 23.2 Å². The predicted octanol–water partition coefficient (Wildman–Crippen LogP) is 6.20. The minimum Gasteiger partial charge on any atom is -0.354 e. The maximum Gasteiger partial charge on any atom is 0.165 e. The highest BCUT2D eigenvalue weighted by Gasteiger charge is 2.28. The van der Waals surface area contributed by atoms with E-state index < -0.39 is 9.84 Å². The number of sulfone groups is 1. The van der Waals surface area contributed by atoms with Crippen LogP contribution in [0, 0.1) is 0 Å². The average molecular weight is 542 g/mol. The number of aromatic nitrogens is 3. The molecule has 0 N–H and O–H groups in total. The van der Waals surface area contributed by atoms with Crippen LogP contribution in [-0.4, -0.2) is 48.0 Å². The summed E-state index contributed by atoms with van der Waals surface area (Å²) in [5.74, 6) is 1.54. The summed E-state index contributed by atoms with van der Waals surface area (Å²) in [6.45, 7) is 6.90. The molecule has 0 radical (unpaired) electrons. The van der Waals surface area contributed by atoms with E-state index in [0.29, 0.717) is 46.1 Å². The molecule has 0 spiro atoms. The van der Waals surface area contributed by atoms with E-state index in [2.05, 4.69) is 20.8 Å². The van der Waals surface area contributed by atoms with Gasteiger partial charge in [-0.2, -0.15) is 0 Å². The van der Waals surface area contributed by atoms with Crippen molar-refractivity contribution in [1.29, 1.82) is 0 Å². The molecule has 1 aliphatic rings. The molecule has 1 saturated heterocycles. The van der Waals surface area contributed by atoms with Gasteiger partial charge < -0.3 is 4.90 Å². The summed E-state index contributed by atoms with van der Waals surface area (Å²) in [5.41, 5.74) is 3.52. The number of hydrogen-bond acceptors (Lipinski definition) is 6. The van der Waals surface area contributed by atoms with E-state index in [0.717, 1.165) is 22.1 Å². The highest BCUT2D eigenvalue weighted by atomic mass is 35.5. The maximum absolute atomic E-state index is 12.1. The number of anilines is 1. The summed E-state index contributed by atoms with van der Waals surface area (Å²) in [6.07, 6.45) is 0. The average Bonchev–Trinajstić information content (AvgIpc) is 2.83. The van der Waals surface area contributed by atoms with Crippen LogP contribution in [0.5, 0.6) is 0 Å². The van der Waals surface area contributed by atoms with E-state index in [1.165, 1.54) is 0 Å². The Morgan fingerprint density at radius 3 is 2.17 bits per heavy atom. The van der Waals surface area contributed by atoms with Gasteiger partial charge in [0, 0.05) is 39.7 Å². The molecule has 5 rings (SSSR count). The van der Waals surface area contributed by atoms with Gasteiger partial charge in [-0.25, -0.2) is 23.4 Å². The first-order chi connectivity index (χ1) is 17.0. The van der Waals surface area contributed by atoms with Crippen LogP contribution in [0.2, 0.25) is 10.0 Å². The summed E-state index contributed by atoms with van der Waals surface area (Å²) in [6, 6.07) is 17.2. The van der Waals surface area contributed by atoms with Crippen molar-refractivity contribution >= 4 is 49.9 Å². The third kappa shape index (κ3) is 4.92. The Hall–Kier alpha value is -2.74. The Morgan fingerprint density at radius 1 is 0.861 bits per heavy atom. The highest BCUT2D eigenvalue weighted by Crippen LogP contribution is 2.39. The molecular formula is C27H26Cl2N4O2S. The lowest BCUT2D eigenvalue weighted by Crippen LogP contribution is -2.41. The van der Waals surface area contributed by atoms with Gasteiger partial charge in [0.05, 0.1) is 22.6 Å². The molecule has 0 saturated carbocycles. The Labute approximate surface area is 221 Å². The van der Waals surface area contributed by atoms with Gasteiger partial charge in [-0.3, -0.25) is 0 Å². The minimum atomic E-state index is -3.05. The lowest BCUT2D eigenvalue weighted by Gasteiger charge is -2.30. The van der Waals surface area contributed by atoms with Crippen molar-refractivity contribution in [1.82, 2.24) is 15.0 Å². The van der Waals surface area contributed by atoms with Crippen LogP contribution in [0.1, 0.15) is 26.6 Å². The molecule has 3 heterocycles. The lowest BCUT2D eigenvalue weighted by molar-refractivity contribution is 0.546. The molecule has 1 fully saturated rings. The van der Waals surface area contributed by atoms with Gasteiger partial charge in [0.2, 0.25) is 0 Å². The van der Waals surface area contributed by atoms with Crippen LogP contribution in [0.4, 0.5) is 5.82 Å². The maximum atomic E-state index is 12.1. The molecule has 0 bridgehead atoms. The molecule has 0 unspecified atom stereocenters. The largest absolute Gasteiger partial charge is 0.354 e. The van der Waals surface area contributed by atoms with Crippen LogP contribution < -0.4 is 4.90 Å². The smallest absolute Gasteiger partial charge is 0.165 e. The van der Waals surface area contributed by atoms with Crippen LogP contribution in [0.25, 0.3) is 33.4 Å². The number of benzene rings is 2. The van der Waals surface area contributed by atoms with Crippen LogP contribution in [0.3, 0.4) is 0 Å². The fourth-order valence-electron chi connectivity index (χ4n) is 4.25. The van der Waals surface area contributed by atoms with Gasteiger partial charge in [0.15, 0.2) is 15.5 Å². The monoisotopic (exact) mass is 540 g/mol. The molecule has 6 nitrogen and oxygen atoms in total. The number of pyridine rings is 1. The fraction of sp³-hybridized carbons (Fsp3) is 0.296. The number of halogens is 2. The SMILES string of the molecule is CC(C)(C)c1nc(N2CCS(=O)(=O)CC2)c2cc(-c3ccc(Cl)cc3)c(-c3ccccc3Cl)nc2n1. The standard InChI is InChI=1S/C27H26Cl2N4O2S/c1-27(2,3)26-31-24-21(25(32-26)33-12-14-36(34,35)15-13-33)16-20(17-8-10-18(28)11-9-17)23(30-24)19-6-4-5-7-22(19)29/h4-11,16H,12-15H2,1-3H3. The van der Waals surface area contributed by atoms with E-state index in [1.54, 1.807) is 0 Å². The molecule has 0 aliphatic carbocycles. The second kappa shape index (κ2) is 9.29. The second-order valence-electron chi connectivity index (χ2n) is 10.0. The second-order valence-corrected chi connectivity index (χ2v) is 13.1. The van der Waals surface area contributed by atoms with Crippen molar-refractivity contribution in [3.05, 3.63) is 70.5 Å². The number of nitrogens with zero attached hydrogens (tertiary/aromatic N) is 4. The molecule has 9 heteroatoms. The van der Waals surface area contributed by atoms with E-state index in [9.17, 15) is 8.42 Å². The van der Waals surface area contributed by atoms with Crippen molar-refractivity contribution in [2.24, 2.45) is 0 Å². The normalized spacial score (nSPS) is 15.9. The van der Waals surface area contributed by atoms with Crippen LogP contribution in [0.15, 0.2) is 54.6 Å². The Bertz CT molecular complexity index is 1550. The number of fused-ring (bicyclic) bond motifs is 1. The number of rotatable bonds is 3. The Morgan fingerprint density at radius 2 is 1.53 bits per heavy atom. The zero-order valence-corrected chi connectivity index (χ0v) is 22.6. The zero-order chi connectivity index (χ0) is 25.7. The lowest BCUT2D eigenvalue weighted by atomic mass is 9.95. The molecule has 4 aromatic rings. The molecule has 36 heavy (non-hydrogen) atoms. The third-order valence-electron chi connectivity index (χ3n) is 6.27. The topological polar surface area (TPSA) is 76.1 Å². The summed E-state index contributed by atoms with van der Waals surface area (Å²) in [5, 5.41) is 1.99. The van der Waals surface area contributed by atoms with Gasteiger partial charge in [-0.1, -0.05) is 74.3 Å². The third-order valence-corrected chi connectivity index (χ3v) is 8.46. The molecule has 0 atom stereocenters. The quantitative estimate of drug-likeness (QED) is 0.308. The summed E-state index contributed by atoms with van der Waals surface area (Å²) >= 11 is 12.8. The fourth-order valence-corrected chi connectivity index (χ4v) is 5.80. The van der Waals surface area contributed by atoms with Crippen molar-refractivity contribution in [3.8, 4) is 22.4 Å². The molecule has 1 aliphatic heterocycles. The van der Waals surface area contributed by atoms with E-state index >= 15 is 0 Å². The van der Waals surface area contributed by atoms with Crippen molar-refractivity contribution < 1.29 is 8.42 Å². The van der Waals surface area contributed by atoms with Crippen molar-refractivity contribution in [3.63, 3.8) is 0 Å². The van der Waals surface area contributed by atoms with E-state index in [1.807, 2.05) is 59.5 Å². The number of hydrogen-bond donors (Lipinski definition) is 0. The van der Waals surface area contributed by atoms with E-state index in [4.69, 9.17) is 38.2 Å². The first kappa shape index (κ1) is 24.9. The van der Waals surface area contributed by atoms with Crippen molar-refractivity contribution in [2.75, 3.05) is 29.5 Å². The Kier molecular flexibility index (Phi) is 6.43. The van der Waals surface area contributed by atoms with Crippen LogP contribution in [-0.2, 0) is 15.3 Å². The minimum absolute atomic E-state index is 0.0958. The summed E-state index contributed by atoms with van der Waals surface area (Å²) < 4.78 is 24.2. The predicted molar refractivity (Wildman–Crippen MR) is 148 cm³/mol. The van der Waals surface area contributed by atoms with Gasteiger partial charge in [-0.05, 0) is 29.8 Å². The van der Waals surface area contributed by atoms with Gasteiger partial charge in [-0.15, -0.1) is 0 Å². The Balaban J connectivity index is 1.81. The van der Waals surface area contributed by atoms with Gasteiger partial charge in [0.1, 0.15) is 11.6 Å². The summed E-state index contributed by atoms with van der Waals surface area (Å²) in [4.78, 5) is 16.9. The van der Waals surface area contributed by atoms with E-state index in [-0.39, 0.29) is 16.9 Å². The first-order valence-corrected chi connectivity index (χ1v) is 14.3. The van der Waals surface area contributed by atoms with Gasteiger partial charge >= 0.3 is 0 Å². The highest BCUT2D eigenvalue weighted by molar-refractivity contribution is 7.91. The summed E-state index contributed by atoms with van der Waals surface area (Å²) in [7, 11) is -3.05. The molecule has 0 amide bonds. The molecule has 2 aromatic heterocycles. The van der Waals surface area contributed by atoms with Crippen molar-refractivity contribution in [2.45, 2.75) is 26.2 Å². The van der Waals surface area contributed by atoms with Gasteiger partial charge in [0.25, 0.3) is 0 Å². The molecule has 2 aromatic carbocycles. The zero-order valence-electron chi connectivity index (χ0n) is 20.3. The molecular weight excluding hydrogens is 515 g/mol. The first-order valence-electron chi connectivity index (χ1n) is 11.7. The molecule has 186 valence electrons.